The van der Waals surface area contributed by atoms with Crippen LogP contribution in [0, 0.1) is 0 Å². The van der Waals surface area contributed by atoms with Gasteiger partial charge in [0.25, 0.3) is 11.8 Å². The maximum absolute atomic E-state index is 14.6. The molecule has 12 nitrogen and oxygen atoms in total. The average Bonchev–Trinajstić information content (AvgIpc) is 3.06. The molecule has 236 valence electrons. The predicted molar refractivity (Wildman–Crippen MR) is 163 cm³/mol. The first-order valence-electron chi connectivity index (χ1n) is 13.9. The molecular weight excluding hydrogens is 591 g/mol. The van der Waals surface area contributed by atoms with Gasteiger partial charge >= 0.3 is 0 Å². The van der Waals surface area contributed by atoms with E-state index in [4.69, 9.17) is 9.47 Å². The Hall–Kier alpha value is -4.06. The first-order chi connectivity index (χ1) is 21.3. The van der Waals surface area contributed by atoms with Crippen LogP contribution in [0.3, 0.4) is 0 Å². The Morgan fingerprint density at radius 3 is 1.41 bits per heavy atom. The molecule has 13 heteroatoms. The van der Waals surface area contributed by atoms with E-state index in [0.717, 1.165) is 0 Å². The van der Waals surface area contributed by atoms with Crippen LogP contribution in [0.25, 0.3) is 0 Å². The topological polar surface area (TPSA) is 174 Å². The van der Waals surface area contributed by atoms with Gasteiger partial charge in [0.1, 0.15) is 0 Å². The van der Waals surface area contributed by atoms with E-state index in [9.17, 15) is 39.4 Å². The molecule has 0 heterocycles. The van der Waals surface area contributed by atoms with Gasteiger partial charge < -0.3 is 44.3 Å². The van der Waals surface area contributed by atoms with Crippen LogP contribution in [0.4, 0.5) is 0 Å². The molecule has 0 radical (unpaired) electrons. The Bertz CT molecular complexity index is 1370. The molecule has 0 atom stereocenters. The Morgan fingerprint density at radius 2 is 1.00 bits per heavy atom. The average molecular weight is 629 g/mol. The van der Waals surface area contributed by atoms with Crippen LogP contribution in [-0.2, 0) is 14.2 Å². The van der Waals surface area contributed by atoms with Gasteiger partial charge in [-0.25, -0.2) is 0 Å². The van der Waals surface area contributed by atoms with Crippen LogP contribution >= 0.6 is 7.14 Å². The van der Waals surface area contributed by atoms with Crippen molar-refractivity contribution in [2.75, 3.05) is 65.8 Å². The molecule has 0 aliphatic rings. The molecule has 44 heavy (non-hydrogen) atoms. The maximum atomic E-state index is 14.6. The summed E-state index contributed by atoms with van der Waals surface area (Å²) < 4.78 is 26.0. The lowest BCUT2D eigenvalue weighted by atomic mass is 10.2. The molecule has 0 aromatic heterocycles. The van der Waals surface area contributed by atoms with Gasteiger partial charge in [0, 0.05) is 42.4 Å². The minimum Gasteiger partial charge on any atom is -0.480 e. The van der Waals surface area contributed by atoms with Crippen molar-refractivity contribution in [3.05, 3.63) is 84.4 Å². The highest BCUT2D eigenvalue weighted by atomic mass is 31.2. The zero-order chi connectivity index (χ0) is 32.0. The molecule has 0 saturated carbocycles. The Kier molecular flexibility index (Phi) is 13.5. The third-order valence-electron chi connectivity index (χ3n) is 6.60. The second-order valence-corrected chi connectivity index (χ2v) is 12.1. The maximum Gasteiger partial charge on any atom is 0.260 e. The normalized spacial score (nSPS) is 11.1. The second kappa shape index (κ2) is 17.3. The number of hydrogen-bond acceptors (Lipinski definition) is 10. The largest absolute Gasteiger partial charge is 0.480 e. The van der Waals surface area contributed by atoms with Gasteiger partial charge in [-0.1, -0.05) is 60.7 Å². The van der Waals surface area contributed by atoms with Crippen LogP contribution in [0.1, 0.15) is 10.4 Å². The van der Waals surface area contributed by atoms with Crippen LogP contribution in [-0.4, -0.2) is 113 Å². The summed E-state index contributed by atoms with van der Waals surface area (Å²) in [5, 5.41) is 37.7. The van der Waals surface area contributed by atoms with E-state index in [0.29, 0.717) is 10.6 Å². The first kappa shape index (κ1) is 34.4. The number of ether oxygens (including phenoxy) is 2. The summed E-state index contributed by atoms with van der Waals surface area (Å²) in [6.45, 7) is -2.49. The fourth-order valence-electron chi connectivity index (χ4n) is 4.38. The highest BCUT2D eigenvalue weighted by molar-refractivity contribution is 7.93. The van der Waals surface area contributed by atoms with Gasteiger partial charge in [-0.3, -0.25) is 14.4 Å². The number of amides is 2. The van der Waals surface area contributed by atoms with Gasteiger partial charge in [-0.2, -0.15) is 0 Å². The summed E-state index contributed by atoms with van der Waals surface area (Å²) in [6.07, 6.45) is 0. The molecule has 3 rings (SSSR count). The van der Waals surface area contributed by atoms with Crippen LogP contribution in [0.15, 0.2) is 78.9 Å². The number of aliphatic hydroxyl groups is 4. The minimum atomic E-state index is -3.88. The van der Waals surface area contributed by atoms with Crippen molar-refractivity contribution in [1.82, 2.24) is 9.80 Å². The number of rotatable bonds is 18. The van der Waals surface area contributed by atoms with Crippen molar-refractivity contribution in [1.29, 1.82) is 0 Å². The third kappa shape index (κ3) is 8.75. The summed E-state index contributed by atoms with van der Waals surface area (Å²) in [4.78, 5) is 41.9. The number of hydrogen-bond donors (Lipinski definition) is 4. The van der Waals surface area contributed by atoms with Crippen molar-refractivity contribution in [2.24, 2.45) is 0 Å². The highest BCUT2D eigenvalue weighted by Crippen LogP contribution is 2.47. The summed E-state index contributed by atoms with van der Waals surface area (Å²) in [6, 6.07) is 20.8. The van der Waals surface area contributed by atoms with Crippen LogP contribution < -0.4 is 20.1 Å². The van der Waals surface area contributed by atoms with Crippen LogP contribution in [0.2, 0.25) is 0 Å². The second-order valence-electron chi connectivity index (χ2n) is 9.48. The van der Waals surface area contributed by atoms with Gasteiger partial charge in [0.2, 0.25) is 12.7 Å². The van der Waals surface area contributed by atoms with E-state index in [1.165, 1.54) is 28.0 Å². The highest BCUT2D eigenvalue weighted by Gasteiger charge is 2.37. The number of carbonyl (C=O) groups excluding carboxylic acids is 3. The Morgan fingerprint density at radius 1 is 0.591 bits per heavy atom. The number of benzene rings is 3. The molecule has 0 unspecified atom stereocenters. The van der Waals surface area contributed by atoms with E-state index in [2.05, 4.69) is 0 Å². The van der Waals surface area contributed by atoms with Crippen molar-refractivity contribution >= 4 is 35.1 Å². The van der Waals surface area contributed by atoms with E-state index in [-0.39, 0.29) is 69.7 Å². The molecule has 0 fully saturated rings. The predicted octanol–water partition coefficient (Wildman–Crippen LogP) is 0.225. The molecule has 0 spiro atoms. The molecule has 3 aromatic rings. The number of nitrogens with zero attached hydrogens (tertiary/aromatic N) is 2. The van der Waals surface area contributed by atoms with Gasteiger partial charge in [-0.15, -0.1) is 0 Å². The first-order valence-corrected chi connectivity index (χ1v) is 15.7. The lowest BCUT2D eigenvalue weighted by Gasteiger charge is -2.23. The lowest BCUT2D eigenvalue weighted by Crippen LogP contribution is -2.39. The quantitative estimate of drug-likeness (QED) is 0.143. The Labute approximate surface area is 255 Å². The Balaban J connectivity index is 1.99. The summed E-state index contributed by atoms with van der Waals surface area (Å²) in [5.41, 5.74) is -0.681. The van der Waals surface area contributed by atoms with Gasteiger partial charge in [0.15, 0.2) is 24.7 Å². The molecule has 0 aliphatic heterocycles. The molecule has 0 saturated heterocycles. The summed E-state index contributed by atoms with van der Waals surface area (Å²) in [7, 11) is -3.88. The molecule has 0 aliphatic carbocycles. The van der Waals surface area contributed by atoms with E-state index in [1.807, 2.05) is 0 Å². The molecule has 2 amide bonds. The third-order valence-corrected chi connectivity index (χ3v) is 9.48. The van der Waals surface area contributed by atoms with Gasteiger partial charge in [-0.05, 0) is 18.2 Å². The van der Waals surface area contributed by atoms with E-state index < -0.39 is 37.7 Å². The SMILES string of the molecule is O=C(COc1ccc(C(=O)P(=O)(c2ccccc2)c2ccccc2)cc1OCC(=O)N(CCO)CCO)N(CCO)CCO. The fourth-order valence-corrected chi connectivity index (χ4v) is 6.84. The smallest absolute Gasteiger partial charge is 0.260 e. The zero-order valence-electron chi connectivity index (χ0n) is 24.2. The van der Waals surface area contributed by atoms with Crippen LogP contribution in [0.5, 0.6) is 11.5 Å². The van der Waals surface area contributed by atoms with Crippen molar-refractivity contribution in [2.45, 2.75) is 0 Å². The number of carbonyl (C=O) groups is 3. The van der Waals surface area contributed by atoms with E-state index >= 15 is 0 Å². The minimum absolute atomic E-state index is 0.000711. The van der Waals surface area contributed by atoms with Gasteiger partial charge in [0.05, 0.1) is 26.4 Å². The summed E-state index contributed by atoms with van der Waals surface area (Å²) in [5.74, 6) is -1.19. The number of aliphatic hydroxyl groups excluding tert-OH is 4. The standard InChI is InChI=1S/C31H37N2O10P/c34-17-13-32(14-18-35)29(38)22-42-27-12-11-24(21-28(27)43-23-30(39)33(15-19-36)16-20-37)31(40)44(41,25-7-3-1-4-8-25)26-9-5-2-6-10-26/h1-12,21,34-37H,13-20,22-23H2. The summed E-state index contributed by atoms with van der Waals surface area (Å²) >= 11 is 0. The molecule has 3 aromatic carbocycles. The monoisotopic (exact) mass is 628 g/mol. The zero-order valence-corrected chi connectivity index (χ0v) is 25.1. The molecule has 4 N–H and O–H groups in total. The molecular formula is C31H37N2O10P. The van der Waals surface area contributed by atoms with Crippen molar-refractivity contribution in [3.63, 3.8) is 0 Å². The van der Waals surface area contributed by atoms with Crippen molar-refractivity contribution in [3.8, 4) is 11.5 Å². The van der Waals surface area contributed by atoms with Crippen molar-refractivity contribution < 1.29 is 48.8 Å². The van der Waals surface area contributed by atoms with E-state index in [1.54, 1.807) is 60.7 Å². The lowest BCUT2D eigenvalue weighted by molar-refractivity contribution is -0.135. The molecule has 0 bridgehead atoms. The fraction of sp³-hybridized carbons (Fsp3) is 0.323.